The number of carbonyl (C=O) groups is 1. The number of non-ortho nitro benzene ring substituents is 1. The molecule has 1 aromatic rings. The van der Waals surface area contributed by atoms with Gasteiger partial charge in [0.25, 0.3) is 5.69 Å². The molecule has 0 unspecified atom stereocenters. The van der Waals surface area contributed by atoms with E-state index < -0.39 is 10.9 Å². The highest BCUT2D eigenvalue weighted by Crippen LogP contribution is 2.34. The fraction of sp³-hybridized carbons (Fsp3) is 0.500. The average Bonchev–Trinajstić information content (AvgIpc) is 2.85. The number of nitro benzene ring substituents is 1. The lowest BCUT2D eigenvalue weighted by Gasteiger charge is -2.28. The number of benzene rings is 1. The molecule has 6 heteroatoms. The molecule has 2 aliphatic rings. The number of rotatable bonds is 3. The van der Waals surface area contributed by atoms with Gasteiger partial charge in [0.1, 0.15) is 6.10 Å². The van der Waals surface area contributed by atoms with Crippen LogP contribution >= 0.6 is 0 Å². The standard InChI is InChI=1S/C14H15NO5/c16-14(9-1-3-10(4-2-9)15(17)18)20-13-8-6-11-5-7-12(13)19-11/h1-4,11-13H,5-8H2/t11-,12+,13-/m1/s1. The van der Waals surface area contributed by atoms with Crippen LogP contribution in [0.4, 0.5) is 5.69 Å². The Hall–Kier alpha value is -1.95. The van der Waals surface area contributed by atoms with Crippen molar-refractivity contribution in [2.75, 3.05) is 0 Å². The van der Waals surface area contributed by atoms with Crippen LogP contribution in [0.1, 0.15) is 36.0 Å². The van der Waals surface area contributed by atoms with Crippen LogP contribution in [0.5, 0.6) is 0 Å². The second kappa shape index (κ2) is 5.20. The zero-order valence-corrected chi connectivity index (χ0v) is 10.9. The summed E-state index contributed by atoms with van der Waals surface area (Å²) < 4.78 is 11.2. The van der Waals surface area contributed by atoms with E-state index in [0.717, 1.165) is 25.7 Å². The Kier molecular flexibility index (Phi) is 3.40. The Balaban J connectivity index is 1.65. The summed E-state index contributed by atoms with van der Waals surface area (Å²) in [6, 6.07) is 5.45. The molecule has 2 saturated heterocycles. The molecule has 3 atom stereocenters. The van der Waals surface area contributed by atoms with Crippen molar-refractivity contribution in [1.82, 2.24) is 0 Å². The molecule has 0 amide bonds. The van der Waals surface area contributed by atoms with Crippen LogP contribution in [0.25, 0.3) is 0 Å². The quantitative estimate of drug-likeness (QED) is 0.481. The molecular formula is C14H15NO5. The lowest BCUT2D eigenvalue weighted by Crippen LogP contribution is -2.35. The minimum Gasteiger partial charge on any atom is -0.456 e. The minimum atomic E-state index is -0.497. The number of fused-ring (bicyclic) bond motifs is 2. The second-order valence-electron chi connectivity index (χ2n) is 5.20. The van der Waals surface area contributed by atoms with Crippen molar-refractivity contribution in [3.05, 3.63) is 39.9 Å². The molecule has 0 aliphatic carbocycles. The zero-order chi connectivity index (χ0) is 14.1. The fourth-order valence-corrected chi connectivity index (χ4v) is 2.81. The predicted molar refractivity (Wildman–Crippen MR) is 69.4 cm³/mol. The van der Waals surface area contributed by atoms with Crippen molar-refractivity contribution in [2.45, 2.75) is 44.0 Å². The van der Waals surface area contributed by atoms with Crippen molar-refractivity contribution in [2.24, 2.45) is 0 Å². The molecule has 20 heavy (non-hydrogen) atoms. The van der Waals surface area contributed by atoms with Crippen molar-refractivity contribution in [3.8, 4) is 0 Å². The smallest absolute Gasteiger partial charge is 0.338 e. The van der Waals surface area contributed by atoms with Crippen molar-refractivity contribution < 1.29 is 19.2 Å². The van der Waals surface area contributed by atoms with E-state index in [1.165, 1.54) is 24.3 Å². The van der Waals surface area contributed by atoms with E-state index in [1.54, 1.807) is 0 Å². The summed E-state index contributed by atoms with van der Waals surface area (Å²) in [7, 11) is 0. The third-order valence-electron chi connectivity index (χ3n) is 3.90. The summed E-state index contributed by atoms with van der Waals surface area (Å²) >= 11 is 0. The number of ether oxygens (including phenoxy) is 2. The van der Waals surface area contributed by atoms with Crippen LogP contribution in [-0.4, -0.2) is 29.2 Å². The number of nitrogens with zero attached hydrogens (tertiary/aromatic N) is 1. The number of esters is 1. The Morgan fingerprint density at radius 1 is 1.20 bits per heavy atom. The molecule has 0 saturated carbocycles. The van der Waals surface area contributed by atoms with Gasteiger partial charge in [0, 0.05) is 12.1 Å². The highest BCUT2D eigenvalue weighted by molar-refractivity contribution is 5.89. The maximum absolute atomic E-state index is 12.0. The van der Waals surface area contributed by atoms with Gasteiger partial charge < -0.3 is 9.47 Å². The van der Waals surface area contributed by atoms with Gasteiger partial charge in [-0.3, -0.25) is 10.1 Å². The molecule has 3 rings (SSSR count). The normalized spacial score (nSPS) is 28.1. The van der Waals surface area contributed by atoms with E-state index in [0.29, 0.717) is 11.7 Å². The minimum absolute atomic E-state index is 0.00995. The molecule has 2 fully saturated rings. The second-order valence-corrected chi connectivity index (χ2v) is 5.20. The lowest BCUT2D eigenvalue weighted by molar-refractivity contribution is -0.384. The molecule has 0 N–H and O–H groups in total. The largest absolute Gasteiger partial charge is 0.456 e. The Morgan fingerprint density at radius 3 is 2.60 bits per heavy atom. The van der Waals surface area contributed by atoms with Crippen LogP contribution in [-0.2, 0) is 9.47 Å². The SMILES string of the molecule is O=C(O[C@@H]1CC[C@H]2CC[C@@H]1O2)c1ccc([N+](=O)[O-])cc1. The first kappa shape index (κ1) is 13.1. The fourth-order valence-electron chi connectivity index (χ4n) is 2.81. The summed E-state index contributed by atoms with van der Waals surface area (Å²) in [5.74, 6) is -0.446. The Bertz CT molecular complexity index is 527. The zero-order valence-electron chi connectivity index (χ0n) is 10.9. The number of hydrogen-bond acceptors (Lipinski definition) is 5. The van der Waals surface area contributed by atoms with E-state index >= 15 is 0 Å². The number of hydrogen-bond donors (Lipinski definition) is 0. The van der Waals surface area contributed by atoms with Crippen LogP contribution in [0.3, 0.4) is 0 Å². The molecule has 6 nitrogen and oxygen atoms in total. The molecule has 0 radical (unpaired) electrons. The summed E-state index contributed by atoms with van der Waals surface area (Å²) in [6.45, 7) is 0. The maximum atomic E-state index is 12.0. The van der Waals surface area contributed by atoms with Gasteiger partial charge in [0.15, 0.2) is 0 Å². The molecule has 2 heterocycles. The summed E-state index contributed by atoms with van der Waals surface area (Å²) in [5, 5.41) is 10.6. The Labute approximate surface area is 115 Å². The van der Waals surface area contributed by atoms with Gasteiger partial charge in [-0.1, -0.05) is 0 Å². The highest BCUT2D eigenvalue weighted by Gasteiger charge is 2.38. The molecule has 2 aliphatic heterocycles. The summed E-state index contributed by atoms with van der Waals surface area (Å²) in [5.41, 5.74) is 0.289. The van der Waals surface area contributed by atoms with E-state index in [4.69, 9.17) is 9.47 Å². The lowest BCUT2D eigenvalue weighted by atomic mass is 10.1. The van der Waals surface area contributed by atoms with Gasteiger partial charge in [-0.2, -0.15) is 0 Å². The van der Waals surface area contributed by atoms with Crippen LogP contribution in [0.2, 0.25) is 0 Å². The molecule has 0 aromatic heterocycles. The van der Waals surface area contributed by atoms with Gasteiger partial charge in [0.2, 0.25) is 0 Å². The van der Waals surface area contributed by atoms with Crippen molar-refractivity contribution >= 4 is 11.7 Å². The first-order valence-corrected chi connectivity index (χ1v) is 6.74. The first-order valence-electron chi connectivity index (χ1n) is 6.74. The van der Waals surface area contributed by atoms with Gasteiger partial charge in [-0.15, -0.1) is 0 Å². The van der Waals surface area contributed by atoms with Gasteiger partial charge in [-0.25, -0.2) is 4.79 Å². The van der Waals surface area contributed by atoms with Crippen LogP contribution < -0.4 is 0 Å². The maximum Gasteiger partial charge on any atom is 0.338 e. The van der Waals surface area contributed by atoms with Gasteiger partial charge >= 0.3 is 5.97 Å². The van der Waals surface area contributed by atoms with E-state index in [1.807, 2.05) is 0 Å². The summed E-state index contributed by atoms with van der Waals surface area (Å²) in [6.07, 6.45) is 3.86. The molecule has 2 bridgehead atoms. The topological polar surface area (TPSA) is 78.7 Å². The monoisotopic (exact) mass is 277 g/mol. The number of nitro groups is 1. The Morgan fingerprint density at radius 2 is 1.90 bits per heavy atom. The van der Waals surface area contributed by atoms with E-state index in [-0.39, 0.29) is 17.9 Å². The number of carbonyl (C=O) groups excluding carboxylic acids is 1. The van der Waals surface area contributed by atoms with Crippen LogP contribution in [0.15, 0.2) is 24.3 Å². The predicted octanol–water partition coefficient (Wildman–Crippen LogP) is 2.46. The van der Waals surface area contributed by atoms with Gasteiger partial charge in [-0.05, 0) is 37.8 Å². The molecular weight excluding hydrogens is 262 g/mol. The highest BCUT2D eigenvalue weighted by atomic mass is 16.6. The third-order valence-corrected chi connectivity index (χ3v) is 3.90. The van der Waals surface area contributed by atoms with E-state index in [9.17, 15) is 14.9 Å². The van der Waals surface area contributed by atoms with Crippen molar-refractivity contribution in [1.29, 1.82) is 0 Å². The first-order chi connectivity index (χ1) is 9.63. The molecule has 0 spiro atoms. The van der Waals surface area contributed by atoms with E-state index in [2.05, 4.69) is 0 Å². The molecule has 1 aromatic carbocycles. The van der Waals surface area contributed by atoms with Crippen molar-refractivity contribution in [3.63, 3.8) is 0 Å². The average molecular weight is 277 g/mol. The van der Waals surface area contributed by atoms with Crippen LogP contribution in [0, 0.1) is 10.1 Å². The third kappa shape index (κ3) is 2.51. The van der Waals surface area contributed by atoms with Gasteiger partial charge in [0.05, 0.1) is 22.7 Å². The summed E-state index contributed by atoms with van der Waals surface area (Å²) in [4.78, 5) is 22.1. The molecule has 106 valence electrons.